The van der Waals surface area contributed by atoms with Crippen LogP contribution in [0.2, 0.25) is 0 Å². The Hall–Kier alpha value is -2.79. The molecule has 0 radical (unpaired) electrons. The molecule has 1 aliphatic heterocycles. The number of nitrogens with zero attached hydrogens (tertiary/aromatic N) is 2. The molecule has 2 heterocycles. The molecule has 0 saturated carbocycles. The zero-order chi connectivity index (χ0) is 21.3. The molecule has 1 aromatic carbocycles. The fraction of sp³-hybridized carbons (Fsp3) is 0.333. The molecule has 1 fully saturated rings. The summed E-state index contributed by atoms with van der Waals surface area (Å²) in [5.41, 5.74) is -0.333. The number of carbonyl (C=O) groups is 2. The molecule has 0 unspecified atom stereocenters. The SMILES string of the molecule is COC(=O)c1cc(S(=O)(=O)N2CCC[C@@H]2C(=O)Nc2cc(F)ccc2F)cn1C. The Morgan fingerprint density at radius 3 is 2.66 bits per heavy atom. The lowest BCUT2D eigenvalue weighted by molar-refractivity contribution is -0.119. The third kappa shape index (κ3) is 4.01. The van der Waals surface area contributed by atoms with Gasteiger partial charge in [0, 0.05) is 25.9 Å². The molecule has 29 heavy (non-hydrogen) atoms. The summed E-state index contributed by atoms with van der Waals surface area (Å²) in [4.78, 5) is 24.2. The summed E-state index contributed by atoms with van der Waals surface area (Å²) in [6.45, 7) is 0.0779. The highest BCUT2D eigenvalue weighted by molar-refractivity contribution is 7.89. The minimum atomic E-state index is -4.11. The molecule has 11 heteroatoms. The average molecular weight is 427 g/mol. The van der Waals surface area contributed by atoms with Crippen molar-refractivity contribution in [2.24, 2.45) is 7.05 Å². The highest BCUT2D eigenvalue weighted by Crippen LogP contribution is 2.28. The van der Waals surface area contributed by atoms with Crippen molar-refractivity contribution in [1.82, 2.24) is 8.87 Å². The number of carbonyl (C=O) groups excluding carboxylic acids is 2. The van der Waals surface area contributed by atoms with Crippen LogP contribution < -0.4 is 5.32 Å². The standard InChI is InChI=1S/C18H19F2N3O5S/c1-22-10-12(9-16(22)18(25)28-2)29(26,27)23-7-3-4-15(23)17(24)21-14-8-11(19)5-6-13(14)20/h5-6,8-10,15H,3-4,7H2,1-2H3,(H,21,24)/t15-/m1/s1. The van der Waals surface area contributed by atoms with Gasteiger partial charge in [-0.25, -0.2) is 22.0 Å². The number of hydrogen-bond acceptors (Lipinski definition) is 5. The van der Waals surface area contributed by atoms with Crippen LogP contribution in [-0.4, -0.2) is 48.9 Å². The van der Waals surface area contributed by atoms with E-state index in [-0.39, 0.29) is 29.2 Å². The van der Waals surface area contributed by atoms with E-state index in [4.69, 9.17) is 0 Å². The van der Waals surface area contributed by atoms with Crippen LogP contribution >= 0.6 is 0 Å². The van der Waals surface area contributed by atoms with Crippen LogP contribution in [0.1, 0.15) is 23.3 Å². The number of nitrogens with one attached hydrogen (secondary N) is 1. The lowest BCUT2D eigenvalue weighted by Crippen LogP contribution is -2.43. The third-order valence-electron chi connectivity index (χ3n) is 4.67. The Labute approximate surface area is 166 Å². The molecule has 8 nitrogen and oxygen atoms in total. The second-order valence-corrected chi connectivity index (χ2v) is 8.44. The Balaban J connectivity index is 1.87. The molecule has 0 bridgehead atoms. The molecule has 0 spiro atoms. The largest absolute Gasteiger partial charge is 0.464 e. The summed E-state index contributed by atoms with van der Waals surface area (Å²) >= 11 is 0. The smallest absolute Gasteiger partial charge is 0.354 e. The van der Waals surface area contributed by atoms with Crippen LogP contribution in [-0.2, 0) is 26.6 Å². The molecule has 1 N–H and O–H groups in total. The van der Waals surface area contributed by atoms with Gasteiger partial charge >= 0.3 is 5.97 Å². The van der Waals surface area contributed by atoms with Gasteiger partial charge in [-0.1, -0.05) is 0 Å². The van der Waals surface area contributed by atoms with Crippen LogP contribution in [0.3, 0.4) is 0 Å². The minimum absolute atomic E-state index is 0.0353. The monoisotopic (exact) mass is 427 g/mol. The van der Waals surface area contributed by atoms with Crippen molar-refractivity contribution in [1.29, 1.82) is 0 Å². The predicted molar refractivity (Wildman–Crippen MR) is 98.7 cm³/mol. The van der Waals surface area contributed by atoms with Gasteiger partial charge in [0.1, 0.15) is 28.3 Å². The van der Waals surface area contributed by atoms with Gasteiger partial charge in [0.15, 0.2) is 0 Å². The number of hydrogen-bond donors (Lipinski definition) is 1. The Bertz CT molecular complexity index is 1070. The predicted octanol–water partition coefficient (Wildman–Crippen LogP) is 1.88. The van der Waals surface area contributed by atoms with Gasteiger partial charge in [0.2, 0.25) is 15.9 Å². The molecule has 156 valence electrons. The fourth-order valence-electron chi connectivity index (χ4n) is 3.22. The van der Waals surface area contributed by atoms with Crippen molar-refractivity contribution in [2.75, 3.05) is 19.0 Å². The van der Waals surface area contributed by atoms with E-state index in [1.165, 1.54) is 31.0 Å². The highest BCUT2D eigenvalue weighted by Gasteiger charge is 2.40. The number of anilines is 1. The van der Waals surface area contributed by atoms with Gasteiger partial charge < -0.3 is 14.6 Å². The van der Waals surface area contributed by atoms with Crippen molar-refractivity contribution in [2.45, 2.75) is 23.8 Å². The quantitative estimate of drug-likeness (QED) is 0.735. The first-order valence-corrected chi connectivity index (χ1v) is 10.1. The van der Waals surface area contributed by atoms with E-state index in [0.29, 0.717) is 6.42 Å². The second-order valence-electron chi connectivity index (χ2n) is 6.55. The van der Waals surface area contributed by atoms with Gasteiger partial charge in [0.05, 0.1) is 12.8 Å². The van der Waals surface area contributed by atoms with E-state index in [1.54, 1.807) is 0 Å². The molecule has 1 saturated heterocycles. The zero-order valence-electron chi connectivity index (χ0n) is 15.7. The number of aryl methyl sites for hydroxylation is 1. The van der Waals surface area contributed by atoms with Crippen LogP contribution in [0.5, 0.6) is 0 Å². The van der Waals surface area contributed by atoms with Gasteiger partial charge in [-0.15, -0.1) is 0 Å². The summed E-state index contributed by atoms with van der Waals surface area (Å²) in [6.07, 6.45) is 1.89. The molecule has 0 aliphatic carbocycles. The molecule has 2 aromatic rings. The van der Waals surface area contributed by atoms with Gasteiger partial charge in [-0.05, 0) is 31.0 Å². The number of benzene rings is 1. The number of halogens is 2. The topological polar surface area (TPSA) is 97.7 Å². The van der Waals surface area contributed by atoms with Crippen LogP contribution in [0, 0.1) is 11.6 Å². The summed E-state index contributed by atoms with van der Waals surface area (Å²) in [7, 11) is -1.44. The first-order valence-electron chi connectivity index (χ1n) is 8.67. The first-order chi connectivity index (χ1) is 13.6. The number of aromatic nitrogens is 1. The van der Waals surface area contributed by atoms with Crippen LogP contribution in [0.4, 0.5) is 14.5 Å². The fourth-order valence-corrected chi connectivity index (χ4v) is 4.95. The highest BCUT2D eigenvalue weighted by atomic mass is 32.2. The van der Waals surface area contributed by atoms with Crippen LogP contribution in [0.15, 0.2) is 35.4 Å². The average Bonchev–Trinajstić information content (AvgIpc) is 3.31. The summed E-state index contributed by atoms with van der Waals surface area (Å²) in [6, 6.07) is 2.67. The first kappa shape index (κ1) is 20.9. The van der Waals surface area contributed by atoms with Gasteiger partial charge in [-0.2, -0.15) is 4.31 Å². The maximum atomic E-state index is 13.8. The normalized spacial score (nSPS) is 17.3. The third-order valence-corrected chi connectivity index (χ3v) is 6.55. The summed E-state index contributed by atoms with van der Waals surface area (Å²) < 4.78 is 60.2. The molecule has 1 amide bonds. The molecule has 1 aliphatic rings. The van der Waals surface area contributed by atoms with Crippen molar-refractivity contribution in [3.63, 3.8) is 0 Å². The van der Waals surface area contributed by atoms with E-state index in [0.717, 1.165) is 22.5 Å². The number of rotatable bonds is 5. The summed E-state index contributed by atoms with van der Waals surface area (Å²) in [5.74, 6) is -3.04. The lowest BCUT2D eigenvalue weighted by Gasteiger charge is -2.23. The number of methoxy groups -OCH3 is 1. The van der Waals surface area contributed by atoms with Crippen LogP contribution in [0.25, 0.3) is 0 Å². The van der Waals surface area contributed by atoms with Crippen molar-refractivity contribution in [3.8, 4) is 0 Å². The molecular formula is C18H19F2N3O5S. The number of sulfonamides is 1. The van der Waals surface area contributed by atoms with E-state index >= 15 is 0 Å². The maximum absolute atomic E-state index is 13.8. The lowest BCUT2D eigenvalue weighted by atomic mass is 10.2. The number of amides is 1. The van der Waals surface area contributed by atoms with Gasteiger partial charge in [0.25, 0.3) is 0 Å². The number of ether oxygens (including phenoxy) is 1. The summed E-state index contributed by atoms with van der Waals surface area (Å²) in [5, 5.41) is 2.25. The van der Waals surface area contributed by atoms with Crippen molar-refractivity contribution in [3.05, 3.63) is 47.8 Å². The Kier molecular flexibility index (Phi) is 5.71. The van der Waals surface area contributed by atoms with Gasteiger partial charge in [-0.3, -0.25) is 4.79 Å². The Morgan fingerprint density at radius 2 is 1.97 bits per heavy atom. The molecule has 1 aromatic heterocycles. The van der Waals surface area contributed by atoms with E-state index in [1.807, 2.05) is 0 Å². The molecular weight excluding hydrogens is 408 g/mol. The van der Waals surface area contributed by atoms with Crippen molar-refractivity contribution >= 4 is 27.6 Å². The second kappa shape index (κ2) is 7.91. The Morgan fingerprint density at radius 1 is 1.24 bits per heavy atom. The molecule has 1 atom stereocenters. The minimum Gasteiger partial charge on any atom is -0.464 e. The maximum Gasteiger partial charge on any atom is 0.354 e. The van der Waals surface area contributed by atoms with E-state index < -0.39 is 39.6 Å². The van der Waals surface area contributed by atoms with E-state index in [2.05, 4.69) is 10.1 Å². The molecule has 3 rings (SSSR count). The number of esters is 1. The zero-order valence-corrected chi connectivity index (χ0v) is 16.5. The van der Waals surface area contributed by atoms with E-state index in [9.17, 15) is 26.8 Å². The van der Waals surface area contributed by atoms with Crippen molar-refractivity contribution < 1.29 is 31.5 Å².